The second kappa shape index (κ2) is 42.9. The van der Waals surface area contributed by atoms with E-state index in [1.165, 1.54) is 83.5 Å². The first-order chi connectivity index (χ1) is 40.3. The minimum absolute atomic E-state index is 0. The summed E-state index contributed by atoms with van der Waals surface area (Å²) in [7, 11) is 0. The number of halogens is 6. The maximum Gasteiger partial charge on any atom is 0.161 e. The molecule has 87 heavy (non-hydrogen) atoms. The molecule has 7 rings (SSSR count). The molecule has 482 valence electrons. The molecule has 0 amide bonds. The molecule has 0 saturated heterocycles. The van der Waals surface area contributed by atoms with Crippen LogP contribution in [0.1, 0.15) is 237 Å². The maximum absolute atomic E-state index is 13.2. The molecule has 0 aliphatic rings. The van der Waals surface area contributed by atoms with Crippen LogP contribution in [0.25, 0.3) is 0 Å². The molecule has 0 aliphatic carbocycles. The first-order valence-corrected chi connectivity index (χ1v) is 31.9. The van der Waals surface area contributed by atoms with Crippen molar-refractivity contribution in [3.8, 4) is 0 Å². The molecule has 6 heteroatoms. The molecule has 5 unspecified atom stereocenters. The standard InChI is InChI=1S/C13H18F2.C12H16F2.C12H17F.C11H15F.2C11H16.C10H14.CH4/c1-5-11(8(2)3)10-6-9(4)13(15)12(14)7-10;1-7(2)8(3)10-5-11(13)9(4)12(14)6-10;1-4-12(9(2)3)10-5-7-11(13)8-6-10;1-8(2)9(3)10-4-6-11(12)7-5-10;1-9(2)8-11-6-4-10(3)5-7-11;1-9(2)10(3)11-7-5-4-6-8-11;1-9(2)8-10-6-4-3-5-7-10;/h6-8,11H,5H2,1-4H3;5-8H,1-4H3;5-9,12H,4H2,1-3H3;4-9H,1-3H3;4-7,9H,8H2,1-3H3;4-10H,1-3H3;3-7,9H,8H2,1-2H3;1H4. The zero-order valence-corrected chi connectivity index (χ0v) is 57.0. The lowest BCUT2D eigenvalue weighted by molar-refractivity contribution is 0.469. The van der Waals surface area contributed by atoms with E-state index in [2.05, 4.69) is 203 Å². The number of hydrogen-bond acceptors (Lipinski definition) is 0. The minimum atomic E-state index is -0.732. The van der Waals surface area contributed by atoms with Crippen LogP contribution in [0.5, 0.6) is 0 Å². The molecule has 0 radical (unpaired) electrons. The Morgan fingerprint density at radius 3 is 1.01 bits per heavy atom. The second-order valence-electron chi connectivity index (χ2n) is 26.0. The summed E-state index contributed by atoms with van der Waals surface area (Å²) in [5.41, 5.74) is 10.3. The Morgan fingerprint density at radius 1 is 0.322 bits per heavy atom. The number of aryl methyl sites for hydroxylation is 2. The van der Waals surface area contributed by atoms with Crippen LogP contribution in [0.4, 0.5) is 26.3 Å². The molecule has 0 heterocycles. The highest BCUT2D eigenvalue weighted by molar-refractivity contribution is 5.30. The van der Waals surface area contributed by atoms with Crippen LogP contribution in [-0.2, 0) is 12.8 Å². The predicted molar refractivity (Wildman–Crippen MR) is 368 cm³/mol. The van der Waals surface area contributed by atoms with Crippen molar-refractivity contribution in [2.45, 2.75) is 215 Å². The number of benzene rings is 7. The molecule has 0 N–H and O–H groups in total. The molecular weight excluding hydrogens is 1090 g/mol. The Hall–Kier alpha value is -5.88. The Balaban J connectivity index is 0.000000993. The maximum atomic E-state index is 13.2. The zero-order valence-electron chi connectivity index (χ0n) is 57.0. The molecule has 0 spiro atoms. The van der Waals surface area contributed by atoms with Crippen molar-refractivity contribution in [2.24, 2.45) is 41.4 Å². The van der Waals surface area contributed by atoms with E-state index in [1.54, 1.807) is 25.1 Å². The lowest BCUT2D eigenvalue weighted by Gasteiger charge is -2.20. The van der Waals surface area contributed by atoms with Gasteiger partial charge in [-0.05, 0) is 204 Å². The first kappa shape index (κ1) is 81.1. The summed E-state index contributed by atoms with van der Waals surface area (Å²) in [6.45, 7) is 46.4. The van der Waals surface area contributed by atoms with Gasteiger partial charge < -0.3 is 0 Å². The fourth-order valence-electron chi connectivity index (χ4n) is 9.75. The van der Waals surface area contributed by atoms with Crippen LogP contribution >= 0.6 is 0 Å². The van der Waals surface area contributed by atoms with Gasteiger partial charge in [0.2, 0.25) is 0 Å². The molecule has 7 aromatic rings. The monoisotopic (exact) mass is 1200 g/mol. The number of hydrogen-bond donors (Lipinski definition) is 0. The molecule has 0 aromatic heterocycles. The van der Waals surface area contributed by atoms with Gasteiger partial charge in [0.15, 0.2) is 11.6 Å². The van der Waals surface area contributed by atoms with Crippen LogP contribution in [0.2, 0.25) is 0 Å². The van der Waals surface area contributed by atoms with Crippen LogP contribution < -0.4 is 0 Å². The predicted octanol–water partition coefficient (Wildman–Crippen LogP) is 26.2. The average molecular weight is 1200 g/mol. The van der Waals surface area contributed by atoms with Gasteiger partial charge in [-0.1, -0.05) is 260 Å². The van der Waals surface area contributed by atoms with Crippen molar-refractivity contribution >= 4 is 0 Å². The van der Waals surface area contributed by atoms with E-state index in [0.29, 0.717) is 52.9 Å². The fourth-order valence-corrected chi connectivity index (χ4v) is 9.75. The van der Waals surface area contributed by atoms with Crippen molar-refractivity contribution < 1.29 is 26.3 Å². The van der Waals surface area contributed by atoms with E-state index in [0.717, 1.165) is 41.7 Å². The fraction of sp³-hybridized carbons (Fsp3) is 0.481. The average Bonchev–Trinajstić information content (AvgIpc) is 3.64. The van der Waals surface area contributed by atoms with Gasteiger partial charge >= 0.3 is 0 Å². The van der Waals surface area contributed by atoms with Gasteiger partial charge in [-0.3, -0.25) is 0 Å². The summed E-state index contributed by atoms with van der Waals surface area (Å²) in [5.74, 6) is 3.87. The van der Waals surface area contributed by atoms with Crippen molar-refractivity contribution in [1.29, 1.82) is 0 Å². The minimum Gasteiger partial charge on any atom is -0.207 e. The topological polar surface area (TPSA) is 0 Å². The third kappa shape index (κ3) is 31.7. The highest BCUT2D eigenvalue weighted by atomic mass is 19.2. The van der Waals surface area contributed by atoms with E-state index < -0.39 is 23.3 Å². The molecule has 7 aromatic carbocycles. The summed E-state index contributed by atoms with van der Waals surface area (Å²) in [4.78, 5) is 0. The van der Waals surface area contributed by atoms with E-state index in [1.807, 2.05) is 45.0 Å². The van der Waals surface area contributed by atoms with Crippen LogP contribution in [0.3, 0.4) is 0 Å². The number of rotatable bonds is 16. The summed E-state index contributed by atoms with van der Waals surface area (Å²) in [6, 6.07) is 49.7. The normalized spacial score (nSPS) is 12.5. The zero-order chi connectivity index (χ0) is 65.4. The summed E-state index contributed by atoms with van der Waals surface area (Å²) >= 11 is 0. The Morgan fingerprint density at radius 2 is 0.655 bits per heavy atom. The lowest BCUT2D eigenvalue weighted by Crippen LogP contribution is -2.07. The van der Waals surface area contributed by atoms with Gasteiger partial charge in [0.1, 0.15) is 23.3 Å². The van der Waals surface area contributed by atoms with Crippen LogP contribution in [0, 0.1) is 97.1 Å². The van der Waals surface area contributed by atoms with Gasteiger partial charge in [0.05, 0.1) is 0 Å². The van der Waals surface area contributed by atoms with E-state index in [-0.39, 0.29) is 30.5 Å². The van der Waals surface area contributed by atoms with E-state index in [4.69, 9.17) is 0 Å². The van der Waals surface area contributed by atoms with Crippen molar-refractivity contribution in [3.05, 3.63) is 248 Å². The molecule has 5 atom stereocenters. The van der Waals surface area contributed by atoms with Crippen molar-refractivity contribution in [3.63, 3.8) is 0 Å². The largest absolute Gasteiger partial charge is 0.207 e. The summed E-state index contributed by atoms with van der Waals surface area (Å²) in [5, 5.41) is 0. The second-order valence-corrected chi connectivity index (χ2v) is 26.0. The summed E-state index contributed by atoms with van der Waals surface area (Å²) < 4.78 is 78.0. The van der Waals surface area contributed by atoms with E-state index >= 15 is 0 Å². The van der Waals surface area contributed by atoms with Gasteiger partial charge in [0, 0.05) is 5.56 Å². The third-order valence-electron chi connectivity index (χ3n) is 16.2. The molecule has 0 aliphatic heterocycles. The highest BCUT2D eigenvalue weighted by Crippen LogP contribution is 2.31. The van der Waals surface area contributed by atoms with Gasteiger partial charge in [-0.2, -0.15) is 0 Å². The van der Waals surface area contributed by atoms with Crippen LogP contribution in [0.15, 0.2) is 158 Å². The quantitative estimate of drug-likeness (QED) is 0.0846. The molecule has 0 nitrogen and oxygen atoms in total. The van der Waals surface area contributed by atoms with E-state index in [9.17, 15) is 26.3 Å². The highest BCUT2D eigenvalue weighted by Gasteiger charge is 2.18. The van der Waals surface area contributed by atoms with Crippen LogP contribution in [-0.4, -0.2) is 0 Å². The van der Waals surface area contributed by atoms with Gasteiger partial charge in [-0.15, -0.1) is 0 Å². The molecule has 0 fully saturated rings. The third-order valence-corrected chi connectivity index (χ3v) is 16.2. The van der Waals surface area contributed by atoms with Gasteiger partial charge in [0.25, 0.3) is 0 Å². The Bertz CT molecular complexity index is 2800. The molecule has 0 saturated carbocycles. The summed E-state index contributed by atoms with van der Waals surface area (Å²) in [6.07, 6.45) is 4.45. The first-order valence-electron chi connectivity index (χ1n) is 31.9. The van der Waals surface area contributed by atoms with Crippen molar-refractivity contribution in [2.75, 3.05) is 0 Å². The SMILES string of the molecule is C.CC(C)C(C)c1ccc(F)cc1.CC(C)C(C)c1ccccc1.CC(C)Cc1ccccc1.CCC(c1cc(C)c(F)c(F)c1)C(C)C.CCC(c1ccc(F)cc1)C(C)C.Cc1c(F)cc(C(C)C(C)C)cc1F.Cc1ccc(CC(C)C)cc1. The lowest BCUT2D eigenvalue weighted by atomic mass is 9.85. The molecular formula is C81H116F6. The van der Waals surface area contributed by atoms with Gasteiger partial charge in [-0.25, -0.2) is 26.3 Å². The Kier molecular flexibility index (Phi) is 40.0. The smallest absolute Gasteiger partial charge is 0.161 e. The Labute approximate surface area is 528 Å². The van der Waals surface area contributed by atoms with Crippen molar-refractivity contribution in [1.82, 2.24) is 0 Å². The molecule has 0 bridgehead atoms.